The third kappa shape index (κ3) is 9.11. The zero-order valence-electron chi connectivity index (χ0n) is 19.4. The number of ether oxygens (including phenoxy) is 3. The maximum atomic E-state index is 12.1. The first-order valence-electron chi connectivity index (χ1n) is 10.9. The van der Waals surface area contributed by atoms with Gasteiger partial charge in [0.15, 0.2) is 0 Å². The van der Waals surface area contributed by atoms with Gasteiger partial charge >= 0.3 is 18.0 Å². The quantitative estimate of drug-likeness (QED) is 0.224. The number of nitrogens with one attached hydrogen (secondary N) is 2. The third-order valence-corrected chi connectivity index (χ3v) is 4.73. The molecule has 2 rings (SSSR count). The molecule has 1 heterocycles. The molecule has 0 saturated carbocycles. The molecule has 0 spiro atoms. The summed E-state index contributed by atoms with van der Waals surface area (Å²) < 4.78 is 15.0. The number of nitrogens with two attached hydrogens (primary N) is 2. The number of alkyl carbamates (subject to hydrolysis) is 1. The number of para-hydroxylation sites is 1. The molecule has 0 bridgehead atoms. The highest BCUT2D eigenvalue weighted by Crippen LogP contribution is 2.19. The van der Waals surface area contributed by atoms with E-state index in [1.165, 1.54) is 0 Å². The normalized spacial score (nSPS) is 13.2. The van der Waals surface area contributed by atoms with E-state index in [-0.39, 0.29) is 6.42 Å². The van der Waals surface area contributed by atoms with Crippen molar-refractivity contribution in [2.24, 2.45) is 11.5 Å². The maximum absolute atomic E-state index is 12.1. The number of rotatable bonds is 11. The van der Waals surface area contributed by atoms with Crippen LogP contribution in [0.3, 0.4) is 0 Å². The van der Waals surface area contributed by atoms with E-state index in [1.54, 1.807) is 27.0 Å². The summed E-state index contributed by atoms with van der Waals surface area (Å²) in [5.74, 6) is -1.34. The summed E-state index contributed by atoms with van der Waals surface area (Å²) >= 11 is 0. The number of hydrogen-bond donors (Lipinski definition) is 4. The lowest BCUT2D eigenvalue weighted by molar-refractivity contribution is -0.169. The van der Waals surface area contributed by atoms with Gasteiger partial charge < -0.3 is 36.0 Å². The van der Waals surface area contributed by atoms with Crippen LogP contribution in [0.15, 0.2) is 30.5 Å². The Morgan fingerprint density at radius 3 is 2.39 bits per heavy atom. The van der Waals surface area contributed by atoms with E-state index in [0.29, 0.717) is 25.8 Å². The largest absolute Gasteiger partial charge is 0.444 e. The lowest BCUT2D eigenvalue weighted by Gasteiger charge is -2.19. The molecule has 2 aromatic rings. The number of aromatic amines is 1. The molecule has 182 valence electrons. The Morgan fingerprint density at radius 2 is 1.70 bits per heavy atom. The van der Waals surface area contributed by atoms with E-state index >= 15 is 0 Å². The monoisotopic (exact) mass is 462 g/mol. The molecule has 10 nitrogen and oxygen atoms in total. The van der Waals surface area contributed by atoms with Gasteiger partial charge in [-0.05, 0) is 51.7 Å². The molecule has 10 heteroatoms. The van der Waals surface area contributed by atoms with Gasteiger partial charge in [-0.2, -0.15) is 0 Å². The van der Waals surface area contributed by atoms with E-state index in [2.05, 4.69) is 10.3 Å². The Kier molecular flexibility index (Phi) is 9.68. The zero-order chi connectivity index (χ0) is 24.4. The fraction of sp³-hybridized carbons (Fsp3) is 0.522. The second kappa shape index (κ2) is 12.2. The molecule has 0 aliphatic heterocycles. The molecular formula is C23H34N4O6. The van der Waals surface area contributed by atoms with Crippen LogP contribution in [0.2, 0.25) is 0 Å². The SMILES string of the molecule is CC(C)(C)OC(=O)NCCCCC(N)C(=O)OCOC(=O)C(N)Cc1c[nH]c2ccccc12. The second-order valence-corrected chi connectivity index (χ2v) is 8.75. The van der Waals surface area contributed by atoms with Crippen LogP contribution in [0.1, 0.15) is 45.6 Å². The van der Waals surface area contributed by atoms with Crippen molar-refractivity contribution >= 4 is 28.9 Å². The number of carbonyl (C=O) groups excluding carboxylic acids is 3. The summed E-state index contributed by atoms with van der Waals surface area (Å²) in [5, 5.41) is 3.62. The number of unbranched alkanes of at least 4 members (excludes halogenated alkanes) is 1. The minimum atomic E-state index is -0.894. The highest BCUT2D eigenvalue weighted by atomic mass is 16.7. The molecule has 2 atom stereocenters. The van der Waals surface area contributed by atoms with Crippen LogP contribution < -0.4 is 16.8 Å². The minimum Gasteiger partial charge on any atom is -0.444 e. The lowest BCUT2D eigenvalue weighted by Crippen LogP contribution is -2.37. The number of esters is 2. The molecule has 6 N–H and O–H groups in total. The van der Waals surface area contributed by atoms with Crippen molar-refractivity contribution in [1.29, 1.82) is 0 Å². The van der Waals surface area contributed by atoms with Gasteiger partial charge in [-0.25, -0.2) is 4.79 Å². The molecule has 0 aliphatic rings. The van der Waals surface area contributed by atoms with Crippen molar-refractivity contribution in [2.45, 2.75) is 64.1 Å². The third-order valence-electron chi connectivity index (χ3n) is 4.73. The molecule has 33 heavy (non-hydrogen) atoms. The van der Waals surface area contributed by atoms with E-state index < -0.39 is 42.5 Å². The van der Waals surface area contributed by atoms with Gasteiger partial charge in [0.2, 0.25) is 6.79 Å². The van der Waals surface area contributed by atoms with Crippen LogP contribution in [0, 0.1) is 0 Å². The predicted molar refractivity (Wildman–Crippen MR) is 123 cm³/mol. The van der Waals surface area contributed by atoms with Gasteiger partial charge in [-0.15, -0.1) is 0 Å². The molecule has 0 aliphatic carbocycles. The summed E-state index contributed by atoms with van der Waals surface area (Å²) in [6, 6.07) is 5.94. The zero-order valence-corrected chi connectivity index (χ0v) is 19.4. The van der Waals surface area contributed by atoms with Crippen molar-refractivity contribution in [2.75, 3.05) is 13.3 Å². The van der Waals surface area contributed by atoms with Gasteiger partial charge in [-0.3, -0.25) is 9.59 Å². The van der Waals surface area contributed by atoms with Crippen LogP contribution in [-0.2, 0) is 30.2 Å². The van der Waals surface area contributed by atoms with Gasteiger partial charge in [0.1, 0.15) is 17.7 Å². The number of H-pyrrole nitrogens is 1. The highest BCUT2D eigenvalue weighted by Gasteiger charge is 2.20. The fourth-order valence-electron chi connectivity index (χ4n) is 3.09. The second-order valence-electron chi connectivity index (χ2n) is 8.75. The Labute approximate surface area is 193 Å². The smallest absolute Gasteiger partial charge is 0.407 e. The maximum Gasteiger partial charge on any atom is 0.407 e. The van der Waals surface area contributed by atoms with E-state index in [9.17, 15) is 14.4 Å². The minimum absolute atomic E-state index is 0.285. The summed E-state index contributed by atoms with van der Waals surface area (Å²) in [5.41, 5.74) is 13.0. The van der Waals surface area contributed by atoms with Gasteiger partial charge in [0.05, 0.1) is 0 Å². The van der Waals surface area contributed by atoms with Crippen molar-refractivity contribution in [3.63, 3.8) is 0 Å². The molecule has 1 amide bonds. The fourth-order valence-corrected chi connectivity index (χ4v) is 3.09. The molecule has 1 aromatic carbocycles. The summed E-state index contributed by atoms with van der Waals surface area (Å²) in [7, 11) is 0. The molecule has 0 fully saturated rings. The van der Waals surface area contributed by atoms with E-state index in [0.717, 1.165) is 16.5 Å². The number of hydrogen-bond acceptors (Lipinski definition) is 8. The van der Waals surface area contributed by atoms with Crippen molar-refractivity contribution < 1.29 is 28.6 Å². The topological polar surface area (TPSA) is 159 Å². The first kappa shape index (κ1) is 26.1. The molecule has 2 unspecified atom stereocenters. The average Bonchev–Trinajstić information content (AvgIpc) is 3.14. The van der Waals surface area contributed by atoms with E-state index in [1.807, 2.05) is 24.3 Å². The number of amides is 1. The molecule has 0 radical (unpaired) electrons. The van der Waals surface area contributed by atoms with Gasteiger partial charge in [-0.1, -0.05) is 18.2 Å². The predicted octanol–water partition coefficient (Wildman–Crippen LogP) is 2.10. The number of fused-ring (bicyclic) bond motifs is 1. The van der Waals surface area contributed by atoms with Crippen molar-refractivity contribution in [3.8, 4) is 0 Å². The van der Waals surface area contributed by atoms with Gasteiger partial charge in [0, 0.05) is 30.1 Å². The number of aromatic nitrogens is 1. The number of carbonyl (C=O) groups is 3. The summed E-state index contributed by atoms with van der Waals surface area (Å²) in [6.45, 7) is 5.21. The number of benzene rings is 1. The van der Waals surface area contributed by atoms with Crippen LogP contribution in [0.5, 0.6) is 0 Å². The Hall–Kier alpha value is -3.11. The van der Waals surface area contributed by atoms with E-state index in [4.69, 9.17) is 25.7 Å². The van der Waals surface area contributed by atoms with Crippen LogP contribution in [0.25, 0.3) is 10.9 Å². The van der Waals surface area contributed by atoms with Crippen molar-refractivity contribution in [3.05, 3.63) is 36.0 Å². The Balaban J connectivity index is 1.60. The Morgan fingerprint density at radius 1 is 1.03 bits per heavy atom. The van der Waals surface area contributed by atoms with Crippen LogP contribution >= 0.6 is 0 Å². The Bertz CT molecular complexity index is 936. The molecular weight excluding hydrogens is 428 g/mol. The average molecular weight is 463 g/mol. The standard InChI is InChI=1S/C23H34N4O6/c1-23(2,3)33-22(30)26-11-7-6-9-17(24)20(28)31-14-32-21(29)18(25)12-15-13-27-19-10-5-4-8-16(15)19/h4-5,8,10,13,17-18,27H,6-7,9,11-12,14,24-25H2,1-3H3,(H,26,30). The van der Waals surface area contributed by atoms with Crippen LogP contribution in [-0.4, -0.2) is 54.0 Å². The molecule has 1 aromatic heterocycles. The first-order chi connectivity index (χ1) is 15.6. The van der Waals surface area contributed by atoms with Crippen LogP contribution in [0.4, 0.5) is 4.79 Å². The van der Waals surface area contributed by atoms with Crippen molar-refractivity contribution in [1.82, 2.24) is 10.3 Å². The van der Waals surface area contributed by atoms with Gasteiger partial charge in [0.25, 0.3) is 0 Å². The highest BCUT2D eigenvalue weighted by molar-refractivity contribution is 5.84. The molecule has 0 saturated heterocycles. The summed E-state index contributed by atoms with van der Waals surface area (Å²) in [4.78, 5) is 38.8. The summed E-state index contributed by atoms with van der Waals surface area (Å²) in [6.07, 6.45) is 3.19. The lowest BCUT2D eigenvalue weighted by atomic mass is 10.1. The first-order valence-corrected chi connectivity index (χ1v) is 10.9.